The highest BCUT2D eigenvalue weighted by atomic mass is 16.5. The molecule has 0 unspecified atom stereocenters. The molecule has 0 radical (unpaired) electrons. The van der Waals surface area contributed by atoms with Crippen LogP contribution in [0.1, 0.15) is 36.5 Å². The van der Waals surface area contributed by atoms with E-state index in [-0.39, 0.29) is 5.41 Å². The van der Waals surface area contributed by atoms with Crippen LogP contribution in [0.25, 0.3) is 0 Å². The predicted molar refractivity (Wildman–Crippen MR) is 107 cm³/mol. The molecule has 0 aromatic heterocycles. The van der Waals surface area contributed by atoms with E-state index in [1.165, 1.54) is 29.5 Å². The van der Waals surface area contributed by atoms with Gasteiger partial charge >= 0.3 is 0 Å². The van der Waals surface area contributed by atoms with E-state index in [0.29, 0.717) is 6.61 Å². The zero-order valence-electron chi connectivity index (χ0n) is 15.8. The number of hydrogen-bond donors (Lipinski definition) is 2. The summed E-state index contributed by atoms with van der Waals surface area (Å²) in [5, 5.41) is 6.91. The number of rotatable bonds is 8. The molecule has 2 N–H and O–H groups in total. The smallest absolute Gasteiger partial charge is 0.191 e. The van der Waals surface area contributed by atoms with Crippen LogP contribution in [0.5, 0.6) is 0 Å². The molecule has 1 aliphatic rings. The van der Waals surface area contributed by atoms with Crippen LogP contribution in [0.3, 0.4) is 0 Å². The predicted octanol–water partition coefficient (Wildman–Crippen LogP) is 3.62. The molecule has 0 spiro atoms. The number of aliphatic imine (C=N–C) groups is 1. The van der Waals surface area contributed by atoms with E-state index < -0.39 is 0 Å². The Morgan fingerprint density at radius 2 is 1.69 bits per heavy atom. The molecule has 3 rings (SSSR count). The van der Waals surface area contributed by atoms with E-state index >= 15 is 0 Å². The summed E-state index contributed by atoms with van der Waals surface area (Å²) in [6, 6.07) is 19.3. The average Bonchev–Trinajstić information content (AvgIpc) is 3.49. The van der Waals surface area contributed by atoms with Crippen molar-refractivity contribution < 1.29 is 4.74 Å². The van der Waals surface area contributed by atoms with Crippen molar-refractivity contribution in [1.29, 1.82) is 0 Å². The lowest BCUT2D eigenvalue weighted by atomic mass is 9.96. The van der Waals surface area contributed by atoms with Crippen molar-refractivity contribution in [2.24, 2.45) is 4.99 Å². The Labute approximate surface area is 156 Å². The van der Waals surface area contributed by atoms with Gasteiger partial charge in [-0.05, 0) is 36.5 Å². The fourth-order valence-electron chi connectivity index (χ4n) is 3.14. The van der Waals surface area contributed by atoms with Crippen LogP contribution in [-0.4, -0.2) is 26.2 Å². The van der Waals surface area contributed by atoms with Crippen molar-refractivity contribution in [2.75, 3.05) is 20.2 Å². The van der Waals surface area contributed by atoms with Gasteiger partial charge in [-0.3, -0.25) is 4.99 Å². The van der Waals surface area contributed by atoms with Crippen LogP contribution in [0.4, 0.5) is 0 Å². The van der Waals surface area contributed by atoms with Crippen molar-refractivity contribution in [3.05, 3.63) is 71.3 Å². The number of hydrogen-bond acceptors (Lipinski definition) is 2. The van der Waals surface area contributed by atoms with Gasteiger partial charge in [0.15, 0.2) is 5.96 Å². The third-order valence-electron chi connectivity index (χ3n) is 5.01. The van der Waals surface area contributed by atoms with E-state index in [1.54, 1.807) is 0 Å². The Balaban J connectivity index is 1.48. The number of guanidine groups is 1. The maximum absolute atomic E-state index is 5.44. The Hall–Kier alpha value is -2.33. The normalized spacial score (nSPS) is 15.5. The van der Waals surface area contributed by atoms with Gasteiger partial charge in [-0.2, -0.15) is 0 Å². The van der Waals surface area contributed by atoms with Crippen LogP contribution in [0.2, 0.25) is 0 Å². The van der Waals surface area contributed by atoms with E-state index in [0.717, 1.165) is 25.7 Å². The lowest BCUT2D eigenvalue weighted by Crippen LogP contribution is -2.40. The maximum Gasteiger partial charge on any atom is 0.191 e. The standard InChI is InChI=1S/C22H29N3O/c1-3-26-16-19-11-9-18(10-12-19)15-24-21(23-2)25-17-22(13-14-22)20-7-5-4-6-8-20/h4-12H,3,13-17H2,1-2H3,(H2,23,24,25). The fourth-order valence-corrected chi connectivity index (χ4v) is 3.14. The molecule has 0 amide bonds. The molecule has 0 bridgehead atoms. The number of nitrogens with zero attached hydrogens (tertiary/aromatic N) is 1. The Morgan fingerprint density at radius 3 is 2.31 bits per heavy atom. The van der Waals surface area contributed by atoms with Gasteiger partial charge in [0, 0.05) is 32.2 Å². The first-order chi connectivity index (χ1) is 12.8. The topological polar surface area (TPSA) is 45.6 Å². The molecule has 1 aliphatic carbocycles. The second-order valence-corrected chi connectivity index (χ2v) is 6.88. The second kappa shape index (κ2) is 8.86. The first-order valence-corrected chi connectivity index (χ1v) is 9.41. The average molecular weight is 351 g/mol. The summed E-state index contributed by atoms with van der Waals surface area (Å²) >= 11 is 0. The summed E-state index contributed by atoms with van der Waals surface area (Å²) in [5.74, 6) is 0.852. The van der Waals surface area contributed by atoms with Gasteiger partial charge in [0.1, 0.15) is 0 Å². The lowest BCUT2D eigenvalue weighted by Gasteiger charge is -2.19. The summed E-state index contributed by atoms with van der Waals surface area (Å²) in [7, 11) is 1.82. The monoisotopic (exact) mass is 351 g/mol. The molecular weight excluding hydrogens is 322 g/mol. The highest BCUT2D eigenvalue weighted by molar-refractivity contribution is 5.79. The Morgan fingerprint density at radius 1 is 1.00 bits per heavy atom. The summed E-state index contributed by atoms with van der Waals surface area (Å²) in [4.78, 5) is 4.36. The molecule has 0 saturated heterocycles. The van der Waals surface area contributed by atoms with Crippen LogP contribution in [0, 0.1) is 0 Å². The third-order valence-corrected chi connectivity index (χ3v) is 5.01. The Bertz CT molecular complexity index is 706. The number of nitrogens with one attached hydrogen (secondary N) is 2. The minimum atomic E-state index is 0.278. The quantitative estimate of drug-likeness (QED) is 0.564. The first kappa shape index (κ1) is 18.5. The van der Waals surface area contributed by atoms with Gasteiger partial charge < -0.3 is 15.4 Å². The van der Waals surface area contributed by atoms with Crippen molar-refractivity contribution in [2.45, 2.75) is 38.3 Å². The van der Waals surface area contributed by atoms with Crippen molar-refractivity contribution in [3.8, 4) is 0 Å². The van der Waals surface area contributed by atoms with E-state index in [4.69, 9.17) is 4.74 Å². The molecule has 0 heterocycles. The summed E-state index contributed by atoms with van der Waals surface area (Å²) < 4.78 is 5.44. The third kappa shape index (κ3) is 4.85. The molecule has 1 fully saturated rings. The van der Waals surface area contributed by atoms with Crippen molar-refractivity contribution in [3.63, 3.8) is 0 Å². The summed E-state index contributed by atoms with van der Waals surface area (Å²) in [5.41, 5.74) is 4.14. The molecular formula is C22H29N3O. The molecule has 2 aromatic carbocycles. The molecule has 4 nitrogen and oxygen atoms in total. The van der Waals surface area contributed by atoms with E-state index in [2.05, 4.69) is 70.2 Å². The fraction of sp³-hybridized carbons (Fsp3) is 0.409. The SMILES string of the molecule is CCOCc1ccc(CNC(=NC)NCC2(c3ccccc3)CC2)cc1. The highest BCUT2D eigenvalue weighted by Crippen LogP contribution is 2.47. The zero-order chi connectivity index (χ0) is 18.2. The molecule has 0 atom stereocenters. The molecule has 138 valence electrons. The van der Waals surface area contributed by atoms with Gasteiger partial charge in [0.05, 0.1) is 6.61 Å². The van der Waals surface area contributed by atoms with Crippen LogP contribution in [0.15, 0.2) is 59.6 Å². The number of ether oxygens (including phenoxy) is 1. The van der Waals surface area contributed by atoms with Crippen LogP contribution >= 0.6 is 0 Å². The van der Waals surface area contributed by atoms with Gasteiger partial charge in [-0.15, -0.1) is 0 Å². The first-order valence-electron chi connectivity index (χ1n) is 9.41. The zero-order valence-corrected chi connectivity index (χ0v) is 15.8. The largest absolute Gasteiger partial charge is 0.377 e. The van der Waals surface area contributed by atoms with Crippen molar-refractivity contribution >= 4 is 5.96 Å². The number of benzene rings is 2. The minimum absolute atomic E-state index is 0.278. The molecule has 2 aromatic rings. The van der Waals surface area contributed by atoms with Gasteiger partial charge in [-0.1, -0.05) is 54.6 Å². The van der Waals surface area contributed by atoms with Crippen molar-refractivity contribution in [1.82, 2.24) is 10.6 Å². The highest BCUT2D eigenvalue weighted by Gasteiger charge is 2.43. The second-order valence-electron chi connectivity index (χ2n) is 6.88. The van der Waals surface area contributed by atoms with Gasteiger partial charge in [0.25, 0.3) is 0 Å². The Kier molecular flexibility index (Phi) is 6.29. The maximum atomic E-state index is 5.44. The summed E-state index contributed by atoms with van der Waals surface area (Å²) in [6.45, 7) is 5.11. The minimum Gasteiger partial charge on any atom is -0.377 e. The lowest BCUT2D eigenvalue weighted by molar-refractivity contribution is 0.134. The molecule has 1 saturated carbocycles. The van der Waals surface area contributed by atoms with Gasteiger partial charge in [0.2, 0.25) is 0 Å². The van der Waals surface area contributed by atoms with E-state index in [1.807, 2.05) is 14.0 Å². The molecule has 4 heteroatoms. The van der Waals surface area contributed by atoms with Crippen LogP contribution in [-0.2, 0) is 23.3 Å². The van der Waals surface area contributed by atoms with Gasteiger partial charge in [-0.25, -0.2) is 0 Å². The van der Waals surface area contributed by atoms with Crippen LogP contribution < -0.4 is 10.6 Å². The molecule has 0 aliphatic heterocycles. The molecule has 26 heavy (non-hydrogen) atoms. The summed E-state index contributed by atoms with van der Waals surface area (Å²) in [6.07, 6.45) is 2.48. The van der Waals surface area contributed by atoms with E-state index in [9.17, 15) is 0 Å².